The van der Waals surface area contributed by atoms with E-state index in [1.54, 1.807) is 16.2 Å². The average molecular weight is 374 g/mol. The number of hydrogen-bond donors (Lipinski definition) is 1. The Balaban J connectivity index is 1.42. The topological polar surface area (TPSA) is 76.5 Å². The number of likely N-dealkylation sites (tertiary alicyclic amines) is 1. The van der Waals surface area contributed by atoms with Gasteiger partial charge >= 0.3 is 0 Å². The van der Waals surface area contributed by atoms with Crippen molar-refractivity contribution in [2.24, 2.45) is 0 Å². The van der Waals surface area contributed by atoms with Gasteiger partial charge in [-0.1, -0.05) is 0 Å². The first-order valence-corrected chi connectivity index (χ1v) is 9.67. The highest BCUT2D eigenvalue weighted by molar-refractivity contribution is 7.12. The summed E-state index contributed by atoms with van der Waals surface area (Å²) >= 11 is 1.55. The number of fused-ring (bicyclic) bond motifs is 1. The normalized spacial score (nSPS) is 22.8. The molecule has 7 nitrogen and oxygen atoms in total. The number of aryl methyl sites for hydroxylation is 2. The van der Waals surface area contributed by atoms with E-state index in [1.807, 2.05) is 19.2 Å². The summed E-state index contributed by atoms with van der Waals surface area (Å²) in [7, 11) is 0. The van der Waals surface area contributed by atoms with E-state index in [0.29, 0.717) is 13.1 Å². The van der Waals surface area contributed by atoms with Gasteiger partial charge in [0.15, 0.2) is 5.13 Å². The molecule has 2 aromatic heterocycles. The third kappa shape index (κ3) is 3.26. The highest BCUT2D eigenvalue weighted by atomic mass is 32.1. The Kier molecular flexibility index (Phi) is 4.54. The second-order valence-corrected chi connectivity index (χ2v) is 7.74. The molecule has 1 N–H and O–H groups in total. The summed E-state index contributed by atoms with van der Waals surface area (Å²) in [5, 5.41) is 5.76. The number of ether oxygens (including phenoxy) is 1. The van der Waals surface area contributed by atoms with E-state index >= 15 is 0 Å². The molecular formula is C18H22N4O3S. The number of nitrogens with zero attached hydrogens (tertiary/aromatic N) is 3. The first-order valence-electron chi connectivity index (χ1n) is 8.80. The van der Waals surface area contributed by atoms with Gasteiger partial charge in [-0.2, -0.15) is 0 Å². The number of thiazole rings is 1. The molecule has 0 aromatic carbocycles. The van der Waals surface area contributed by atoms with Crippen molar-refractivity contribution in [1.29, 1.82) is 0 Å². The molecule has 0 radical (unpaired) electrons. The second-order valence-electron chi connectivity index (χ2n) is 6.90. The van der Waals surface area contributed by atoms with Crippen LogP contribution < -0.4 is 5.32 Å². The summed E-state index contributed by atoms with van der Waals surface area (Å²) in [4.78, 5) is 30.6. The van der Waals surface area contributed by atoms with Crippen molar-refractivity contribution < 1.29 is 14.3 Å². The van der Waals surface area contributed by atoms with E-state index in [1.165, 1.54) is 0 Å². The molecule has 0 bridgehead atoms. The predicted molar refractivity (Wildman–Crippen MR) is 97.5 cm³/mol. The number of aromatic nitrogens is 2. The van der Waals surface area contributed by atoms with Gasteiger partial charge in [-0.3, -0.25) is 14.2 Å². The molecule has 26 heavy (non-hydrogen) atoms. The fraction of sp³-hybridized carbons (Fsp3) is 0.500. The number of rotatable bonds is 3. The highest BCUT2D eigenvalue weighted by Gasteiger charge is 2.36. The van der Waals surface area contributed by atoms with Crippen LogP contribution in [0.2, 0.25) is 0 Å². The van der Waals surface area contributed by atoms with Crippen molar-refractivity contribution in [2.75, 3.05) is 19.7 Å². The van der Waals surface area contributed by atoms with Crippen LogP contribution in [-0.4, -0.2) is 58.1 Å². The van der Waals surface area contributed by atoms with Crippen LogP contribution in [0, 0.1) is 13.8 Å². The Morgan fingerprint density at radius 2 is 2.15 bits per heavy atom. The lowest BCUT2D eigenvalue weighted by Gasteiger charge is -2.41. The zero-order valence-electron chi connectivity index (χ0n) is 14.9. The number of morpholine rings is 1. The Morgan fingerprint density at radius 3 is 2.92 bits per heavy atom. The van der Waals surface area contributed by atoms with Crippen LogP contribution in [0.5, 0.6) is 0 Å². The summed E-state index contributed by atoms with van der Waals surface area (Å²) in [6.45, 7) is 5.37. The molecule has 2 aromatic rings. The van der Waals surface area contributed by atoms with Crippen LogP contribution in [0.25, 0.3) is 5.13 Å². The molecule has 138 valence electrons. The molecule has 2 amide bonds. The third-order valence-electron chi connectivity index (χ3n) is 5.01. The maximum atomic E-state index is 12.7. The van der Waals surface area contributed by atoms with Gasteiger partial charge in [0, 0.05) is 29.9 Å². The Hall–Kier alpha value is -2.19. The van der Waals surface area contributed by atoms with Crippen LogP contribution in [0.4, 0.5) is 0 Å². The molecule has 0 spiro atoms. The monoisotopic (exact) mass is 374 g/mol. The minimum Gasteiger partial charge on any atom is -0.366 e. The molecule has 2 atom stereocenters. The number of piperidine rings is 1. The minimum absolute atomic E-state index is 0.0160. The quantitative estimate of drug-likeness (QED) is 0.876. The van der Waals surface area contributed by atoms with E-state index in [0.717, 1.165) is 28.6 Å². The molecule has 0 unspecified atom stereocenters. The first-order chi connectivity index (χ1) is 12.5. The van der Waals surface area contributed by atoms with Gasteiger partial charge in [0.2, 0.25) is 11.8 Å². The SMILES string of the molecule is Cc1ccc(C)n1-c1nc(CC(=O)N2CC[C@@H]3OCC(=O)N[C@@H]3C2)cs1. The Labute approximate surface area is 156 Å². The van der Waals surface area contributed by atoms with E-state index in [-0.39, 0.29) is 37.0 Å². The fourth-order valence-electron chi connectivity index (χ4n) is 3.64. The molecule has 4 rings (SSSR count). The smallest absolute Gasteiger partial charge is 0.246 e. The maximum Gasteiger partial charge on any atom is 0.246 e. The Bertz CT molecular complexity index is 824. The highest BCUT2D eigenvalue weighted by Crippen LogP contribution is 2.22. The minimum atomic E-state index is -0.109. The van der Waals surface area contributed by atoms with Crippen molar-refractivity contribution in [3.05, 3.63) is 34.6 Å². The van der Waals surface area contributed by atoms with Crippen molar-refractivity contribution in [2.45, 2.75) is 38.8 Å². The van der Waals surface area contributed by atoms with Gasteiger partial charge in [0.05, 0.1) is 24.3 Å². The van der Waals surface area contributed by atoms with Gasteiger partial charge in [0.25, 0.3) is 0 Å². The third-order valence-corrected chi connectivity index (χ3v) is 5.89. The van der Waals surface area contributed by atoms with Crippen LogP contribution in [-0.2, 0) is 20.7 Å². The maximum absolute atomic E-state index is 12.7. The summed E-state index contributed by atoms with van der Waals surface area (Å²) in [6.07, 6.45) is 1.05. The summed E-state index contributed by atoms with van der Waals surface area (Å²) in [5.74, 6) is -0.0665. The number of carbonyl (C=O) groups excluding carboxylic acids is 2. The molecule has 8 heteroatoms. The summed E-state index contributed by atoms with van der Waals surface area (Å²) in [6, 6.07) is 4.02. The molecule has 4 heterocycles. The van der Waals surface area contributed by atoms with E-state index in [4.69, 9.17) is 4.74 Å². The van der Waals surface area contributed by atoms with Gasteiger partial charge in [-0.15, -0.1) is 11.3 Å². The second kappa shape index (κ2) is 6.85. The molecular weight excluding hydrogens is 352 g/mol. The van der Waals surface area contributed by atoms with Crippen molar-refractivity contribution in [3.8, 4) is 5.13 Å². The standard InChI is InChI=1S/C18H22N4O3S/c1-11-3-4-12(2)22(11)18-19-13(10-26-18)7-17(24)21-6-5-15-14(8-21)20-16(23)9-25-15/h3-4,10,14-15H,5-9H2,1-2H3,(H,20,23)/t14-,15+/m1/s1. The van der Waals surface area contributed by atoms with E-state index < -0.39 is 0 Å². The molecule has 2 saturated heterocycles. The zero-order chi connectivity index (χ0) is 18.3. The van der Waals surface area contributed by atoms with Crippen LogP contribution in [0.1, 0.15) is 23.5 Å². The molecule has 0 saturated carbocycles. The van der Waals surface area contributed by atoms with Crippen LogP contribution in [0.15, 0.2) is 17.5 Å². The van der Waals surface area contributed by atoms with Crippen molar-refractivity contribution >= 4 is 23.2 Å². The largest absolute Gasteiger partial charge is 0.366 e. The van der Waals surface area contributed by atoms with Gasteiger partial charge in [-0.25, -0.2) is 4.98 Å². The fourth-order valence-corrected chi connectivity index (χ4v) is 4.58. The number of nitrogens with one attached hydrogen (secondary N) is 1. The lowest BCUT2D eigenvalue weighted by atomic mass is 10.00. The number of hydrogen-bond acceptors (Lipinski definition) is 5. The summed E-state index contributed by atoms with van der Waals surface area (Å²) in [5.41, 5.74) is 3.04. The lowest BCUT2D eigenvalue weighted by Crippen LogP contribution is -2.61. The molecule has 2 fully saturated rings. The predicted octanol–water partition coefficient (Wildman–Crippen LogP) is 1.21. The number of carbonyl (C=O) groups is 2. The first kappa shape index (κ1) is 17.2. The lowest BCUT2D eigenvalue weighted by molar-refractivity contribution is -0.146. The van der Waals surface area contributed by atoms with Gasteiger partial charge in [0.1, 0.15) is 6.61 Å². The molecule has 2 aliphatic rings. The molecule has 2 aliphatic heterocycles. The van der Waals surface area contributed by atoms with E-state index in [9.17, 15) is 9.59 Å². The van der Waals surface area contributed by atoms with Crippen LogP contribution in [0.3, 0.4) is 0 Å². The van der Waals surface area contributed by atoms with Crippen LogP contribution >= 0.6 is 11.3 Å². The van der Waals surface area contributed by atoms with Gasteiger partial charge < -0.3 is 15.0 Å². The zero-order valence-corrected chi connectivity index (χ0v) is 15.7. The van der Waals surface area contributed by atoms with Gasteiger partial charge in [-0.05, 0) is 32.4 Å². The summed E-state index contributed by atoms with van der Waals surface area (Å²) < 4.78 is 7.64. The average Bonchev–Trinajstić information content (AvgIpc) is 3.20. The van der Waals surface area contributed by atoms with Crippen molar-refractivity contribution in [3.63, 3.8) is 0 Å². The molecule has 0 aliphatic carbocycles. The Morgan fingerprint density at radius 1 is 1.38 bits per heavy atom. The van der Waals surface area contributed by atoms with Crippen molar-refractivity contribution in [1.82, 2.24) is 19.8 Å². The number of amides is 2. The van der Waals surface area contributed by atoms with E-state index in [2.05, 4.69) is 27.0 Å².